The van der Waals surface area contributed by atoms with Gasteiger partial charge in [-0.1, -0.05) is 48.0 Å². The van der Waals surface area contributed by atoms with Crippen molar-refractivity contribution in [1.29, 1.82) is 0 Å². The average molecular weight is 365 g/mol. The maximum Gasteiger partial charge on any atom is 0.308 e. The molecule has 1 aliphatic rings. The number of benzene rings is 2. The lowest BCUT2D eigenvalue weighted by Crippen LogP contribution is -2.36. The van der Waals surface area contributed by atoms with Gasteiger partial charge in [-0.3, -0.25) is 9.59 Å². The molecule has 0 bridgehead atoms. The number of aryl methyl sites for hydroxylation is 3. The molecule has 0 aliphatic heterocycles. The minimum Gasteiger partial charge on any atom is -0.481 e. The van der Waals surface area contributed by atoms with Crippen LogP contribution in [0.5, 0.6) is 0 Å². The first-order valence-corrected chi connectivity index (χ1v) is 9.63. The van der Waals surface area contributed by atoms with Gasteiger partial charge in [-0.15, -0.1) is 0 Å². The van der Waals surface area contributed by atoms with Crippen molar-refractivity contribution in [3.05, 3.63) is 70.3 Å². The van der Waals surface area contributed by atoms with Crippen molar-refractivity contribution in [2.75, 3.05) is 0 Å². The highest BCUT2D eigenvalue weighted by Gasteiger charge is 2.27. The Bertz CT molecular complexity index is 826. The third-order valence-electron chi connectivity index (χ3n) is 5.42. The fourth-order valence-electron chi connectivity index (χ4n) is 3.72. The number of carbonyl (C=O) groups excluding carboxylic acids is 1. The van der Waals surface area contributed by atoms with E-state index in [9.17, 15) is 14.7 Å². The van der Waals surface area contributed by atoms with Gasteiger partial charge in [-0.25, -0.2) is 0 Å². The molecule has 1 amide bonds. The molecular weight excluding hydrogens is 338 g/mol. The Morgan fingerprint density at radius 1 is 1.04 bits per heavy atom. The monoisotopic (exact) mass is 365 g/mol. The molecule has 0 unspecified atom stereocenters. The van der Waals surface area contributed by atoms with E-state index < -0.39 is 17.9 Å². The maximum atomic E-state index is 12.7. The number of rotatable bonds is 6. The van der Waals surface area contributed by atoms with E-state index in [0.717, 1.165) is 29.5 Å². The first-order valence-electron chi connectivity index (χ1n) is 9.63. The molecule has 27 heavy (non-hydrogen) atoms. The molecule has 2 N–H and O–H groups in total. The van der Waals surface area contributed by atoms with E-state index in [0.29, 0.717) is 0 Å². The van der Waals surface area contributed by atoms with Gasteiger partial charge in [-0.05, 0) is 61.8 Å². The van der Waals surface area contributed by atoms with E-state index in [1.54, 1.807) is 6.92 Å². The van der Waals surface area contributed by atoms with Gasteiger partial charge in [-0.2, -0.15) is 0 Å². The second-order valence-electron chi connectivity index (χ2n) is 7.57. The quantitative estimate of drug-likeness (QED) is 0.813. The van der Waals surface area contributed by atoms with Crippen molar-refractivity contribution >= 4 is 11.9 Å². The Balaban J connectivity index is 1.74. The normalized spacial score (nSPS) is 15.5. The van der Waals surface area contributed by atoms with Crippen LogP contribution >= 0.6 is 0 Å². The van der Waals surface area contributed by atoms with Crippen molar-refractivity contribution in [3.8, 4) is 0 Å². The Morgan fingerprint density at radius 3 is 2.37 bits per heavy atom. The number of nitrogens with one attached hydrogen (secondary N) is 1. The summed E-state index contributed by atoms with van der Waals surface area (Å²) in [5.74, 6) is -1.78. The van der Waals surface area contributed by atoms with Crippen molar-refractivity contribution < 1.29 is 14.7 Å². The van der Waals surface area contributed by atoms with Gasteiger partial charge in [0.1, 0.15) is 0 Å². The Kier molecular flexibility index (Phi) is 5.94. The number of carboxylic acid groups (broad SMARTS) is 1. The Labute approximate surface area is 160 Å². The van der Waals surface area contributed by atoms with Crippen LogP contribution in [0.4, 0.5) is 0 Å². The molecule has 2 aromatic carbocycles. The SMILES string of the molecule is Cc1ccc([C@@H](NC(=O)Cc2ccc3c(c2)CCCC3)[C@H](C)C(=O)O)cc1. The minimum absolute atomic E-state index is 0.149. The van der Waals surface area contributed by atoms with Gasteiger partial charge in [0.2, 0.25) is 5.91 Å². The maximum absolute atomic E-state index is 12.7. The van der Waals surface area contributed by atoms with Crippen LogP contribution in [0.25, 0.3) is 0 Å². The number of amides is 1. The number of hydrogen-bond donors (Lipinski definition) is 2. The highest BCUT2D eigenvalue weighted by molar-refractivity contribution is 5.80. The number of carbonyl (C=O) groups is 2. The molecule has 2 aromatic rings. The second-order valence-corrected chi connectivity index (χ2v) is 7.57. The van der Waals surface area contributed by atoms with Crippen molar-refractivity contribution in [2.45, 2.75) is 52.0 Å². The highest BCUT2D eigenvalue weighted by Crippen LogP contribution is 2.24. The third kappa shape index (κ3) is 4.76. The van der Waals surface area contributed by atoms with Crippen LogP contribution in [0.3, 0.4) is 0 Å². The summed E-state index contributed by atoms with van der Waals surface area (Å²) in [6.07, 6.45) is 4.90. The van der Waals surface area contributed by atoms with E-state index in [2.05, 4.69) is 17.4 Å². The molecule has 0 heterocycles. The number of fused-ring (bicyclic) bond motifs is 1. The predicted molar refractivity (Wildman–Crippen MR) is 106 cm³/mol. The molecule has 0 spiro atoms. The van der Waals surface area contributed by atoms with Gasteiger partial charge in [0, 0.05) is 0 Å². The van der Waals surface area contributed by atoms with Crippen molar-refractivity contribution in [1.82, 2.24) is 5.32 Å². The predicted octanol–water partition coefficient (Wildman–Crippen LogP) is 3.99. The first-order chi connectivity index (χ1) is 12.9. The zero-order chi connectivity index (χ0) is 19.4. The average Bonchev–Trinajstić information content (AvgIpc) is 2.66. The molecule has 2 atom stereocenters. The van der Waals surface area contributed by atoms with Gasteiger partial charge in [0.15, 0.2) is 0 Å². The lowest BCUT2D eigenvalue weighted by Gasteiger charge is -2.23. The fourth-order valence-corrected chi connectivity index (χ4v) is 3.72. The molecule has 3 rings (SSSR count). The minimum atomic E-state index is -0.922. The summed E-state index contributed by atoms with van der Waals surface area (Å²) in [4.78, 5) is 24.2. The number of aliphatic carboxylic acids is 1. The lowest BCUT2D eigenvalue weighted by molar-refractivity contribution is -0.142. The molecule has 1 aliphatic carbocycles. The molecule has 0 fully saturated rings. The summed E-state index contributed by atoms with van der Waals surface area (Å²) in [7, 11) is 0. The molecule has 0 radical (unpaired) electrons. The fraction of sp³-hybridized carbons (Fsp3) is 0.391. The summed E-state index contributed by atoms with van der Waals surface area (Å²) >= 11 is 0. The van der Waals surface area contributed by atoms with Crippen LogP contribution in [0.1, 0.15) is 53.6 Å². The molecule has 142 valence electrons. The second kappa shape index (κ2) is 8.38. The molecule has 0 aromatic heterocycles. The Hall–Kier alpha value is -2.62. The van der Waals surface area contributed by atoms with Crippen LogP contribution < -0.4 is 5.32 Å². The number of hydrogen-bond acceptors (Lipinski definition) is 2. The lowest BCUT2D eigenvalue weighted by atomic mass is 9.89. The topological polar surface area (TPSA) is 66.4 Å². The van der Waals surface area contributed by atoms with E-state index in [4.69, 9.17) is 0 Å². The smallest absolute Gasteiger partial charge is 0.308 e. The summed E-state index contributed by atoms with van der Waals surface area (Å²) in [5.41, 5.74) is 5.64. The largest absolute Gasteiger partial charge is 0.481 e. The number of carboxylic acids is 1. The molecule has 0 saturated carbocycles. The molecular formula is C23H27NO3. The standard InChI is InChI=1S/C23H27NO3/c1-15-7-10-19(11-8-15)22(16(2)23(26)27)24-21(25)14-17-9-12-18-5-3-4-6-20(18)13-17/h7-13,16,22H,3-6,14H2,1-2H3,(H,24,25)(H,26,27)/t16-,22-/m0/s1. The molecule has 4 nitrogen and oxygen atoms in total. The molecule has 0 saturated heterocycles. The summed E-state index contributed by atoms with van der Waals surface area (Å²) in [6.45, 7) is 3.61. The zero-order valence-corrected chi connectivity index (χ0v) is 16.0. The third-order valence-corrected chi connectivity index (χ3v) is 5.42. The van der Waals surface area contributed by atoms with E-state index in [-0.39, 0.29) is 12.3 Å². The van der Waals surface area contributed by atoms with Crippen LogP contribution in [0.15, 0.2) is 42.5 Å². The zero-order valence-electron chi connectivity index (χ0n) is 16.0. The van der Waals surface area contributed by atoms with E-state index >= 15 is 0 Å². The molecule has 4 heteroatoms. The van der Waals surface area contributed by atoms with Gasteiger partial charge in [0.25, 0.3) is 0 Å². The summed E-state index contributed by atoms with van der Waals surface area (Å²) < 4.78 is 0. The van der Waals surface area contributed by atoms with Crippen molar-refractivity contribution in [2.24, 2.45) is 5.92 Å². The van der Waals surface area contributed by atoms with Crippen LogP contribution in [0.2, 0.25) is 0 Å². The first kappa shape index (κ1) is 19.2. The van der Waals surface area contributed by atoms with Crippen LogP contribution in [-0.2, 0) is 28.9 Å². The van der Waals surface area contributed by atoms with Crippen LogP contribution in [-0.4, -0.2) is 17.0 Å². The summed E-state index contributed by atoms with van der Waals surface area (Å²) in [5, 5.41) is 12.4. The van der Waals surface area contributed by atoms with Gasteiger partial charge >= 0.3 is 5.97 Å². The highest BCUT2D eigenvalue weighted by atomic mass is 16.4. The van der Waals surface area contributed by atoms with E-state index in [1.165, 1.54) is 24.0 Å². The van der Waals surface area contributed by atoms with Gasteiger partial charge in [0.05, 0.1) is 18.4 Å². The van der Waals surface area contributed by atoms with Crippen molar-refractivity contribution in [3.63, 3.8) is 0 Å². The Morgan fingerprint density at radius 2 is 1.70 bits per heavy atom. The van der Waals surface area contributed by atoms with Gasteiger partial charge < -0.3 is 10.4 Å². The van der Waals surface area contributed by atoms with E-state index in [1.807, 2.05) is 37.3 Å². The van der Waals surface area contributed by atoms with Crippen LogP contribution in [0, 0.1) is 12.8 Å². The summed E-state index contributed by atoms with van der Waals surface area (Å²) in [6, 6.07) is 13.4.